The van der Waals surface area contributed by atoms with Crippen LogP contribution in [0, 0.1) is 6.92 Å². The minimum Gasteiger partial charge on any atom is -0.342 e. The van der Waals surface area contributed by atoms with E-state index >= 15 is 0 Å². The molecule has 1 fully saturated rings. The Morgan fingerprint density at radius 1 is 1.00 bits per heavy atom. The van der Waals surface area contributed by atoms with Gasteiger partial charge in [0.15, 0.2) is 0 Å². The molecular weight excluding hydrogens is 288 g/mol. The van der Waals surface area contributed by atoms with E-state index in [-0.39, 0.29) is 18.4 Å². The van der Waals surface area contributed by atoms with E-state index in [0.29, 0.717) is 13.0 Å². The lowest BCUT2D eigenvalue weighted by Crippen LogP contribution is -2.58. The number of aryl methyl sites for hydroxylation is 1. The Balaban J connectivity index is 1.72. The molecule has 1 unspecified atom stereocenters. The summed E-state index contributed by atoms with van der Waals surface area (Å²) in [6, 6.07) is 17.3. The Morgan fingerprint density at radius 2 is 1.70 bits per heavy atom. The van der Waals surface area contributed by atoms with Gasteiger partial charge in [0.1, 0.15) is 6.04 Å². The number of carbonyl (C=O) groups is 2. The molecule has 1 atom stereocenters. The van der Waals surface area contributed by atoms with Crippen molar-refractivity contribution in [3.8, 4) is 0 Å². The highest BCUT2D eigenvalue weighted by Gasteiger charge is 2.32. The van der Waals surface area contributed by atoms with Crippen molar-refractivity contribution in [2.45, 2.75) is 25.9 Å². The summed E-state index contributed by atoms with van der Waals surface area (Å²) in [5.41, 5.74) is 3.26. The van der Waals surface area contributed by atoms with E-state index in [1.54, 1.807) is 4.90 Å². The maximum Gasteiger partial charge on any atom is 0.246 e. The molecule has 4 nitrogen and oxygen atoms in total. The normalized spacial score (nSPS) is 18.0. The Hall–Kier alpha value is -2.62. The number of nitrogens with zero attached hydrogens (tertiary/aromatic N) is 1. The third-order valence-electron chi connectivity index (χ3n) is 4.06. The fourth-order valence-electron chi connectivity index (χ4n) is 2.81. The average Bonchev–Trinajstić information content (AvgIpc) is 2.55. The van der Waals surface area contributed by atoms with Gasteiger partial charge in [-0.3, -0.25) is 9.59 Å². The highest BCUT2D eigenvalue weighted by atomic mass is 16.2. The molecule has 1 N–H and O–H groups in total. The third kappa shape index (κ3) is 3.77. The SMILES string of the molecule is Cc1ccc(CC2NC(=O)CN(Cc3ccccc3)C2=O)cc1. The molecule has 2 aromatic rings. The van der Waals surface area contributed by atoms with Gasteiger partial charge in [0, 0.05) is 13.0 Å². The summed E-state index contributed by atoms with van der Waals surface area (Å²) in [5.74, 6) is -0.119. The number of rotatable bonds is 4. The summed E-state index contributed by atoms with van der Waals surface area (Å²) in [5, 5.41) is 2.81. The fourth-order valence-corrected chi connectivity index (χ4v) is 2.81. The minimum absolute atomic E-state index is 0.0194. The van der Waals surface area contributed by atoms with Crippen molar-refractivity contribution in [1.29, 1.82) is 0 Å². The molecule has 4 heteroatoms. The van der Waals surface area contributed by atoms with Crippen LogP contribution >= 0.6 is 0 Å². The molecule has 1 aliphatic heterocycles. The van der Waals surface area contributed by atoms with Gasteiger partial charge >= 0.3 is 0 Å². The van der Waals surface area contributed by atoms with E-state index in [2.05, 4.69) is 5.32 Å². The molecular formula is C19H20N2O2. The van der Waals surface area contributed by atoms with Gasteiger partial charge in [-0.1, -0.05) is 60.2 Å². The highest BCUT2D eigenvalue weighted by Crippen LogP contribution is 2.13. The molecule has 3 rings (SSSR count). The number of piperazine rings is 1. The van der Waals surface area contributed by atoms with E-state index in [4.69, 9.17) is 0 Å². The molecule has 118 valence electrons. The Labute approximate surface area is 136 Å². The molecule has 1 heterocycles. The maximum atomic E-state index is 12.7. The van der Waals surface area contributed by atoms with Crippen LogP contribution in [-0.4, -0.2) is 29.3 Å². The van der Waals surface area contributed by atoms with Gasteiger partial charge in [0.25, 0.3) is 0 Å². The van der Waals surface area contributed by atoms with Gasteiger partial charge in [-0.15, -0.1) is 0 Å². The van der Waals surface area contributed by atoms with Crippen molar-refractivity contribution >= 4 is 11.8 Å². The molecule has 0 aromatic heterocycles. The maximum absolute atomic E-state index is 12.7. The lowest BCUT2D eigenvalue weighted by molar-refractivity contribution is -0.144. The second-order valence-corrected chi connectivity index (χ2v) is 5.99. The average molecular weight is 308 g/mol. The summed E-state index contributed by atoms with van der Waals surface area (Å²) in [6.45, 7) is 2.62. The van der Waals surface area contributed by atoms with Crippen molar-refractivity contribution in [3.05, 3.63) is 71.3 Å². The molecule has 1 aliphatic rings. The van der Waals surface area contributed by atoms with Crippen LogP contribution in [0.5, 0.6) is 0 Å². The van der Waals surface area contributed by atoms with E-state index < -0.39 is 6.04 Å². The van der Waals surface area contributed by atoms with Crippen molar-refractivity contribution in [3.63, 3.8) is 0 Å². The highest BCUT2D eigenvalue weighted by molar-refractivity contribution is 5.95. The minimum atomic E-state index is -0.484. The standard InChI is InChI=1S/C19H20N2O2/c1-14-7-9-15(10-8-14)11-17-19(23)21(13-18(22)20-17)12-16-5-3-2-4-6-16/h2-10,17H,11-13H2,1H3,(H,20,22). The Bertz CT molecular complexity index is 695. The van der Waals surface area contributed by atoms with Crippen LogP contribution in [0.4, 0.5) is 0 Å². The summed E-state index contributed by atoms with van der Waals surface area (Å²) < 4.78 is 0. The number of nitrogens with one attached hydrogen (secondary N) is 1. The van der Waals surface area contributed by atoms with Crippen LogP contribution in [0.1, 0.15) is 16.7 Å². The van der Waals surface area contributed by atoms with Crippen LogP contribution in [0.25, 0.3) is 0 Å². The lowest BCUT2D eigenvalue weighted by Gasteiger charge is -2.32. The summed E-state index contributed by atoms with van der Waals surface area (Å²) in [6.07, 6.45) is 0.524. The van der Waals surface area contributed by atoms with Gasteiger partial charge in [0.2, 0.25) is 11.8 Å². The largest absolute Gasteiger partial charge is 0.342 e. The fraction of sp³-hybridized carbons (Fsp3) is 0.263. The first kappa shape index (κ1) is 15.3. The number of hydrogen-bond donors (Lipinski definition) is 1. The van der Waals surface area contributed by atoms with E-state index in [1.807, 2.05) is 61.5 Å². The summed E-state index contributed by atoms with van der Waals surface area (Å²) in [7, 11) is 0. The zero-order valence-corrected chi connectivity index (χ0v) is 13.2. The van der Waals surface area contributed by atoms with Crippen molar-refractivity contribution in [2.24, 2.45) is 0 Å². The Morgan fingerprint density at radius 3 is 2.39 bits per heavy atom. The van der Waals surface area contributed by atoms with Gasteiger partial charge in [-0.2, -0.15) is 0 Å². The van der Waals surface area contributed by atoms with Crippen LogP contribution in [0.3, 0.4) is 0 Å². The molecule has 23 heavy (non-hydrogen) atoms. The second kappa shape index (κ2) is 6.65. The summed E-state index contributed by atoms with van der Waals surface area (Å²) in [4.78, 5) is 26.2. The van der Waals surface area contributed by atoms with Crippen LogP contribution in [0.2, 0.25) is 0 Å². The zero-order chi connectivity index (χ0) is 16.2. The number of benzene rings is 2. The first-order chi connectivity index (χ1) is 11.1. The molecule has 0 radical (unpaired) electrons. The van der Waals surface area contributed by atoms with E-state index in [1.165, 1.54) is 5.56 Å². The number of carbonyl (C=O) groups excluding carboxylic acids is 2. The van der Waals surface area contributed by atoms with E-state index in [9.17, 15) is 9.59 Å². The summed E-state index contributed by atoms with van der Waals surface area (Å²) >= 11 is 0. The van der Waals surface area contributed by atoms with Gasteiger partial charge in [0.05, 0.1) is 6.54 Å². The lowest BCUT2D eigenvalue weighted by atomic mass is 10.0. The van der Waals surface area contributed by atoms with Crippen molar-refractivity contribution < 1.29 is 9.59 Å². The quantitative estimate of drug-likeness (QED) is 0.940. The zero-order valence-electron chi connectivity index (χ0n) is 13.2. The molecule has 2 aromatic carbocycles. The molecule has 0 aliphatic carbocycles. The van der Waals surface area contributed by atoms with Crippen LogP contribution in [0.15, 0.2) is 54.6 Å². The first-order valence-electron chi connectivity index (χ1n) is 7.79. The number of hydrogen-bond acceptors (Lipinski definition) is 2. The van der Waals surface area contributed by atoms with E-state index in [0.717, 1.165) is 11.1 Å². The van der Waals surface area contributed by atoms with Gasteiger partial charge < -0.3 is 10.2 Å². The predicted molar refractivity (Wildman–Crippen MR) is 88.7 cm³/mol. The molecule has 0 bridgehead atoms. The molecule has 0 spiro atoms. The smallest absolute Gasteiger partial charge is 0.246 e. The molecule has 2 amide bonds. The first-order valence-corrected chi connectivity index (χ1v) is 7.79. The van der Waals surface area contributed by atoms with Crippen molar-refractivity contribution in [2.75, 3.05) is 6.54 Å². The topological polar surface area (TPSA) is 49.4 Å². The van der Waals surface area contributed by atoms with Gasteiger partial charge in [-0.05, 0) is 18.1 Å². The second-order valence-electron chi connectivity index (χ2n) is 5.99. The van der Waals surface area contributed by atoms with Crippen LogP contribution < -0.4 is 5.32 Å². The predicted octanol–water partition coefficient (Wildman–Crippen LogP) is 2.06. The Kier molecular flexibility index (Phi) is 4.42. The van der Waals surface area contributed by atoms with Crippen LogP contribution in [-0.2, 0) is 22.6 Å². The number of amides is 2. The molecule has 0 saturated carbocycles. The van der Waals surface area contributed by atoms with Crippen molar-refractivity contribution in [1.82, 2.24) is 10.2 Å². The van der Waals surface area contributed by atoms with Gasteiger partial charge in [-0.25, -0.2) is 0 Å². The third-order valence-corrected chi connectivity index (χ3v) is 4.06. The molecule has 1 saturated heterocycles. The monoisotopic (exact) mass is 308 g/mol.